The fourth-order valence-corrected chi connectivity index (χ4v) is 3.79. The first-order valence-electron chi connectivity index (χ1n) is 9.54. The van der Waals surface area contributed by atoms with Gasteiger partial charge in [-0.1, -0.05) is 18.2 Å². The first-order chi connectivity index (χ1) is 14.2. The molecule has 5 rings (SSSR count). The molecule has 2 amide bonds. The zero-order valence-electron chi connectivity index (χ0n) is 15.6. The highest BCUT2D eigenvalue weighted by molar-refractivity contribution is 6.07. The molecule has 2 aromatic carbocycles. The Morgan fingerprint density at radius 3 is 2.79 bits per heavy atom. The molecule has 3 aromatic rings. The molecule has 2 aliphatic heterocycles. The van der Waals surface area contributed by atoms with Crippen molar-refractivity contribution >= 4 is 34.1 Å². The Kier molecular flexibility index (Phi) is 4.27. The number of ether oxygens (including phenoxy) is 2. The predicted octanol–water partition coefficient (Wildman–Crippen LogP) is 3.00. The van der Waals surface area contributed by atoms with Crippen LogP contribution in [0.25, 0.3) is 10.9 Å². The summed E-state index contributed by atoms with van der Waals surface area (Å²) in [6.45, 7) is 1.32. The molecule has 0 aliphatic carbocycles. The number of carbonyl (C=O) groups is 2. The Hall–Kier alpha value is -3.61. The summed E-state index contributed by atoms with van der Waals surface area (Å²) >= 11 is 0. The van der Waals surface area contributed by atoms with Gasteiger partial charge in [0.1, 0.15) is 13.2 Å². The maximum Gasteiger partial charge on any atom is 0.229 e. The van der Waals surface area contributed by atoms with Gasteiger partial charge in [0.2, 0.25) is 11.8 Å². The molecule has 3 heterocycles. The van der Waals surface area contributed by atoms with Crippen LogP contribution in [0.15, 0.2) is 54.7 Å². The molecule has 1 N–H and O–H groups in total. The molecular formula is C22H19N3O4. The third-order valence-corrected chi connectivity index (χ3v) is 5.21. The first kappa shape index (κ1) is 17.5. The molecule has 0 spiro atoms. The van der Waals surface area contributed by atoms with Crippen molar-refractivity contribution in [3.8, 4) is 11.5 Å². The number of amides is 2. The van der Waals surface area contributed by atoms with E-state index in [0.717, 1.165) is 16.6 Å². The minimum absolute atomic E-state index is 0.0783. The summed E-state index contributed by atoms with van der Waals surface area (Å²) < 4.78 is 11.1. The van der Waals surface area contributed by atoms with E-state index in [1.807, 2.05) is 30.3 Å². The van der Waals surface area contributed by atoms with Gasteiger partial charge < -0.3 is 19.7 Å². The van der Waals surface area contributed by atoms with Crippen LogP contribution in [0.3, 0.4) is 0 Å². The van der Waals surface area contributed by atoms with Crippen LogP contribution in [0.5, 0.6) is 11.5 Å². The van der Waals surface area contributed by atoms with Crippen LogP contribution >= 0.6 is 0 Å². The van der Waals surface area contributed by atoms with Crippen LogP contribution in [-0.4, -0.2) is 36.6 Å². The number of para-hydroxylation sites is 1. The third kappa shape index (κ3) is 3.24. The number of hydrogen-bond donors (Lipinski definition) is 1. The molecule has 146 valence electrons. The van der Waals surface area contributed by atoms with Crippen LogP contribution in [0.2, 0.25) is 0 Å². The SMILES string of the molecule is O=C(Nc1ccc2c(c1)OCCO2)C1CC(=O)N(c2cccc3cccnc23)C1. The second-order valence-electron chi connectivity index (χ2n) is 7.11. The standard InChI is InChI=1S/C22H19N3O4/c26-20-11-15(13-25(20)17-5-1-3-14-4-2-8-23-21(14)17)22(27)24-16-6-7-18-19(12-16)29-10-9-28-18/h1-8,12,15H,9-11,13H2,(H,24,27). The van der Waals surface area contributed by atoms with Crippen molar-refractivity contribution in [2.24, 2.45) is 5.92 Å². The van der Waals surface area contributed by atoms with E-state index >= 15 is 0 Å². The third-order valence-electron chi connectivity index (χ3n) is 5.21. The number of aromatic nitrogens is 1. The van der Waals surface area contributed by atoms with Gasteiger partial charge in [0.25, 0.3) is 0 Å². The Bertz CT molecular complexity index is 1110. The zero-order chi connectivity index (χ0) is 19.8. The van der Waals surface area contributed by atoms with Gasteiger partial charge in [0, 0.05) is 36.3 Å². The number of rotatable bonds is 3. The maximum atomic E-state index is 12.8. The van der Waals surface area contributed by atoms with Crippen LogP contribution in [0.1, 0.15) is 6.42 Å². The van der Waals surface area contributed by atoms with E-state index in [-0.39, 0.29) is 18.2 Å². The molecule has 1 fully saturated rings. The number of nitrogens with zero attached hydrogens (tertiary/aromatic N) is 2. The van der Waals surface area contributed by atoms with E-state index in [1.165, 1.54) is 0 Å². The Morgan fingerprint density at radius 2 is 1.90 bits per heavy atom. The number of anilines is 2. The predicted molar refractivity (Wildman–Crippen MR) is 108 cm³/mol. The molecular weight excluding hydrogens is 370 g/mol. The van der Waals surface area contributed by atoms with Gasteiger partial charge in [-0.05, 0) is 24.3 Å². The highest BCUT2D eigenvalue weighted by Crippen LogP contribution is 2.34. The van der Waals surface area contributed by atoms with Gasteiger partial charge in [-0.15, -0.1) is 0 Å². The summed E-state index contributed by atoms with van der Waals surface area (Å²) in [6.07, 6.45) is 1.87. The molecule has 1 aromatic heterocycles. The Labute approximate surface area is 167 Å². The van der Waals surface area contributed by atoms with Crippen molar-refractivity contribution in [3.05, 3.63) is 54.7 Å². The fourth-order valence-electron chi connectivity index (χ4n) is 3.79. The van der Waals surface area contributed by atoms with Crippen molar-refractivity contribution in [2.75, 3.05) is 30.0 Å². The van der Waals surface area contributed by atoms with Crippen molar-refractivity contribution in [1.82, 2.24) is 4.98 Å². The average Bonchev–Trinajstić information content (AvgIpc) is 3.15. The first-order valence-corrected chi connectivity index (χ1v) is 9.54. The Morgan fingerprint density at radius 1 is 1.07 bits per heavy atom. The highest BCUT2D eigenvalue weighted by Gasteiger charge is 2.36. The monoisotopic (exact) mass is 389 g/mol. The summed E-state index contributed by atoms with van der Waals surface area (Å²) in [5.41, 5.74) is 2.12. The summed E-state index contributed by atoms with van der Waals surface area (Å²) in [5, 5.41) is 3.85. The van der Waals surface area contributed by atoms with Crippen molar-refractivity contribution < 1.29 is 19.1 Å². The maximum absolute atomic E-state index is 12.8. The second kappa shape index (κ2) is 7.09. The smallest absolute Gasteiger partial charge is 0.229 e. The molecule has 0 bridgehead atoms. The van der Waals surface area contributed by atoms with E-state index < -0.39 is 5.92 Å². The van der Waals surface area contributed by atoms with E-state index in [0.29, 0.717) is 36.9 Å². The van der Waals surface area contributed by atoms with Crippen molar-refractivity contribution in [1.29, 1.82) is 0 Å². The lowest BCUT2D eigenvalue weighted by molar-refractivity contribution is -0.122. The summed E-state index contributed by atoms with van der Waals surface area (Å²) in [6, 6.07) is 14.8. The van der Waals surface area contributed by atoms with E-state index in [2.05, 4.69) is 10.3 Å². The number of hydrogen-bond acceptors (Lipinski definition) is 5. The molecule has 7 heteroatoms. The topological polar surface area (TPSA) is 80.8 Å². The zero-order valence-corrected chi connectivity index (χ0v) is 15.6. The largest absolute Gasteiger partial charge is 0.486 e. The molecule has 0 saturated carbocycles. The highest BCUT2D eigenvalue weighted by atomic mass is 16.6. The van der Waals surface area contributed by atoms with Crippen LogP contribution in [-0.2, 0) is 9.59 Å². The lowest BCUT2D eigenvalue weighted by Crippen LogP contribution is -2.28. The number of nitrogens with one attached hydrogen (secondary N) is 1. The van der Waals surface area contributed by atoms with Gasteiger partial charge >= 0.3 is 0 Å². The molecule has 1 atom stereocenters. The average molecular weight is 389 g/mol. The molecule has 7 nitrogen and oxygen atoms in total. The molecule has 1 saturated heterocycles. The second-order valence-corrected chi connectivity index (χ2v) is 7.11. The van der Waals surface area contributed by atoms with Crippen LogP contribution in [0, 0.1) is 5.92 Å². The van der Waals surface area contributed by atoms with Gasteiger partial charge in [-0.2, -0.15) is 0 Å². The van der Waals surface area contributed by atoms with Crippen LogP contribution < -0.4 is 19.7 Å². The quantitative estimate of drug-likeness (QED) is 0.745. The number of benzene rings is 2. The lowest BCUT2D eigenvalue weighted by Gasteiger charge is -2.20. The summed E-state index contributed by atoms with van der Waals surface area (Å²) in [7, 11) is 0. The minimum Gasteiger partial charge on any atom is -0.486 e. The number of pyridine rings is 1. The number of carbonyl (C=O) groups excluding carboxylic acids is 2. The van der Waals surface area contributed by atoms with Gasteiger partial charge in [-0.3, -0.25) is 14.6 Å². The molecule has 1 unspecified atom stereocenters. The minimum atomic E-state index is -0.435. The number of fused-ring (bicyclic) bond motifs is 2. The van der Waals surface area contributed by atoms with Crippen molar-refractivity contribution in [3.63, 3.8) is 0 Å². The molecule has 0 radical (unpaired) electrons. The van der Waals surface area contributed by atoms with E-state index in [4.69, 9.17) is 9.47 Å². The van der Waals surface area contributed by atoms with Gasteiger partial charge in [0.05, 0.1) is 17.1 Å². The van der Waals surface area contributed by atoms with Gasteiger partial charge in [-0.25, -0.2) is 0 Å². The normalized spacial score (nSPS) is 18.1. The molecule has 29 heavy (non-hydrogen) atoms. The Balaban J connectivity index is 1.34. The van der Waals surface area contributed by atoms with Crippen molar-refractivity contribution in [2.45, 2.75) is 6.42 Å². The van der Waals surface area contributed by atoms with Gasteiger partial charge in [0.15, 0.2) is 11.5 Å². The summed E-state index contributed by atoms with van der Waals surface area (Å²) in [5.74, 6) is 0.575. The van der Waals surface area contributed by atoms with E-state index in [9.17, 15) is 9.59 Å². The fraction of sp³-hybridized carbons (Fsp3) is 0.227. The lowest BCUT2D eigenvalue weighted by atomic mass is 10.1. The molecule has 2 aliphatic rings. The van der Waals surface area contributed by atoms with Crippen LogP contribution in [0.4, 0.5) is 11.4 Å². The van der Waals surface area contributed by atoms with E-state index in [1.54, 1.807) is 29.3 Å². The summed E-state index contributed by atoms with van der Waals surface area (Å²) in [4.78, 5) is 31.5.